The van der Waals surface area contributed by atoms with E-state index in [2.05, 4.69) is 17.4 Å². The molecule has 1 N–H and O–H groups in total. The molecular weight excluding hydrogens is 210 g/mol. The van der Waals surface area contributed by atoms with Gasteiger partial charge in [-0.15, -0.1) is 0 Å². The number of nitrogens with one attached hydrogen (secondary N) is 1. The van der Waals surface area contributed by atoms with Crippen molar-refractivity contribution in [3.63, 3.8) is 0 Å². The normalized spacial score (nSPS) is 18.5. The van der Waals surface area contributed by atoms with Gasteiger partial charge in [0.05, 0.1) is 6.61 Å². The maximum Gasteiger partial charge on any atom is 0.0587 e. The van der Waals surface area contributed by atoms with Crippen molar-refractivity contribution < 1.29 is 4.74 Å². The first-order valence-electron chi connectivity index (χ1n) is 5.31. The van der Waals surface area contributed by atoms with E-state index in [0.29, 0.717) is 0 Å². The van der Waals surface area contributed by atoms with Crippen LogP contribution in [0.3, 0.4) is 0 Å². The molecule has 0 atom stereocenters. The Morgan fingerprint density at radius 1 is 1.33 bits per heavy atom. The van der Waals surface area contributed by atoms with Crippen molar-refractivity contribution in [1.29, 1.82) is 0 Å². The molecule has 2 nitrogen and oxygen atoms in total. The molecule has 0 aliphatic carbocycles. The molecule has 3 heteroatoms. The Morgan fingerprint density at radius 2 is 2.00 bits per heavy atom. The molecule has 0 unspecified atom stereocenters. The van der Waals surface area contributed by atoms with Crippen LogP contribution in [0.5, 0.6) is 0 Å². The van der Waals surface area contributed by atoms with Gasteiger partial charge in [0, 0.05) is 30.1 Å². The van der Waals surface area contributed by atoms with Crippen molar-refractivity contribution in [2.24, 2.45) is 0 Å². The Hall–Kier alpha value is -0.570. The first-order chi connectivity index (χ1) is 7.27. The lowest BCUT2D eigenvalue weighted by Gasteiger charge is -2.42. The highest BCUT2D eigenvalue weighted by atomic mass is 35.5. The van der Waals surface area contributed by atoms with E-state index < -0.39 is 0 Å². The summed E-state index contributed by atoms with van der Waals surface area (Å²) in [7, 11) is 0. The average molecular weight is 226 g/mol. The maximum atomic E-state index is 5.88. The minimum absolute atomic E-state index is 0.167. The van der Waals surface area contributed by atoms with Crippen molar-refractivity contribution in [1.82, 2.24) is 5.32 Å². The van der Waals surface area contributed by atoms with Crippen LogP contribution in [0.15, 0.2) is 24.3 Å². The lowest BCUT2D eigenvalue weighted by molar-refractivity contribution is 0.0651. The maximum absolute atomic E-state index is 5.88. The number of halogens is 1. The van der Waals surface area contributed by atoms with Gasteiger partial charge in [-0.2, -0.15) is 0 Å². The first-order valence-corrected chi connectivity index (χ1v) is 5.69. The van der Waals surface area contributed by atoms with Crippen molar-refractivity contribution >= 4 is 11.6 Å². The largest absolute Gasteiger partial charge is 0.381 e. The molecule has 1 aliphatic heterocycles. The Balaban J connectivity index is 2.14. The van der Waals surface area contributed by atoms with Crippen LogP contribution in [0, 0.1) is 0 Å². The van der Waals surface area contributed by atoms with Crippen LogP contribution in [-0.4, -0.2) is 26.3 Å². The third kappa shape index (κ3) is 2.17. The summed E-state index contributed by atoms with van der Waals surface area (Å²) < 4.78 is 5.55. The van der Waals surface area contributed by atoms with Gasteiger partial charge in [-0.3, -0.25) is 0 Å². The van der Waals surface area contributed by atoms with Gasteiger partial charge in [0.1, 0.15) is 0 Å². The smallest absolute Gasteiger partial charge is 0.0587 e. The fourth-order valence-corrected chi connectivity index (χ4v) is 2.04. The molecule has 0 amide bonds. The Bertz CT molecular complexity index is 319. The minimum atomic E-state index is 0.167. The Kier molecular flexibility index (Phi) is 3.29. The number of benzene rings is 1. The fraction of sp³-hybridized carbons (Fsp3) is 0.500. The van der Waals surface area contributed by atoms with Crippen molar-refractivity contribution in [3.05, 3.63) is 34.9 Å². The van der Waals surface area contributed by atoms with Crippen LogP contribution in [0.2, 0.25) is 5.02 Å². The highest BCUT2D eigenvalue weighted by molar-refractivity contribution is 6.30. The van der Waals surface area contributed by atoms with Crippen LogP contribution in [0.1, 0.15) is 12.5 Å². The van der Waals surface area contributed by atoms with E-state index in [9.17, 15) is 0 Å². The quantitative estimate of drug-likeness (QED) is 0.849. The van der Waals surface area contributed by atoms with Crippen LogP contribution in [0.25, 0.3) is 0 Å². The molecule has 1 heterocycles. The molecule has 2 rings (SSSR count). The topological polar surface area (TPSA) is 21.3 Å². The van der Waals surface area contributed by atoms with E-state index in [1.54, 1.807) is 0 Å². The predicted molar refractivity (Wildman–Crippen MR) is 62.5 cm³/mol. The molecule has 1 aromatic rings. The third-order valence-corrected chi connectivity index (χ3v) is 3.22. The molecule has 0 aromatic heterocycles. The number of rotatable bonds is 4. The molecule has 82 valence electrons. The standard InChI is InChI=1S/C12H16ClNO/c1-2-15-9-12(7-14-8-12)10-3-5-11(13)6-4-10/h3-6,14H,2,7-9H2,1H3. The van der Waals surface area contributed by atoms with Gasteiger partial charge in [0.2, 0.25) is 0 Å². The van der Waals surface area contributed by atoms with E-state index >= 15 is 0 Å². The van der Waals surface area contributed by atoms with E-state index in [4.69, 9.17) is 16.3 Å². The van der Waals surface area contributed by atoms with E-state index in [0.717, 1.165) is 31.3 Å². The predicted octanol–water partition coefficient (Wildman–Crippen LogP) is 2.22. The minimum Gasteiger partial charge on any atom is -0.381 e. The summed E-state index contributed by atoms with van der Waals surface area (Å²) in [5, 5.41) is 4.10. The lowest BCUT2D eigenvalue weighted by atomic mass is 9.76. The molecule has 0 bridgehead atoms. The summed E-state index contributed by atoms with van der Waals surface area (Å²) in [6.07, 6.45) is 0. The molecule has 1 saturated heterocycles. The molecule has 1 fully saturated rings. The zero-order chi connectivity index (χ0) is 10.7. The Labute approximate surface area is 95.6 Å². The molecule has 1 aromatic carbocycles. The van der Waals surface area contributed by atoms with E-state index in [1.807, 2.05) is 19.1 Å². The van der Waals surface area contributed by atoms with Gasteiger partial charge >= 0.3 is 0 Å². The number of hydrogen-bond donors (Lipinski definition) is 1. The van der Waals surface area contributed by atoms with Crippen molar-refractivity contribution in [2.45, 2.75) is 12.3 Å². The van der Waals surface area contributed by atoms with Gasteiger partial charge in [0.15, 0.2) is 0 Å². The van der Waals surface area contributed by atoms with E-state index in [-0.39, 0.29) is 5.41 Å². The highest BCUT2D eigenvalue weighted by Gasteiger charge is 2.38. The van der Waals surface area contributed by atoms with Crippen LogP contribution < -0.4 is 5.32 Å². The molecule has 15 heavy (non-hydrogen) atoms. The van der Waals surface area contributed by atoms with Gasteiger partial charge in [-0.1, -0.05) is 23.7 Å². The van der Waals surface area contributed by atoms with Crippen LogP contribution >= 0.6 is 11.6 Å². The zero-order valence-corrected chi connectivity index (χ0v) is 9.68. The summed E-state index contributed by atoms with van der Waals surface area (Å²) >= 11 is 5.88. The fourth-order valence-electron chi connectivity index (χ4n) is 1.92. The molecule has 0 spiro atoms. The lowest BCUT2D eigenvalue weighted by Crippen LogP contribution is -2.59. The average Bonchev–Trinajstić information content (AvgIpc) is 2.19. The highest BCUT2D eigenvalue weighted by Crippen LogP contribution is 2.29. The van der Waals surface area contributed by atoms with Crippen LogP contribution in [0.4, 0.5) is 0 Å². The number of hydrogen-bond acceptors (Lipinski definition) is 2. The zero-order valence-electron chi connectivity index (χ0n) is 8.92. The second kappa shape index (κ2) is 4.52. The third-order valence-electron chi connectivity index (χ3n) is 2.97. The second-order valence-electron chi connectivity index (χ2n) is 4.03. The monoisotopic (exact) mass is 225 g/mol. The van der Waals surface area contributed by atoms with Gasteiger partial charge < -0.3 is 10.1 Å². The molecular formula is C12H16ClNO. The van der Waals surface area contributed by atoms with E-state index in [1.165, 1.54) is 5.56 Å². The molecule has 0 saturated carbocycles. The SMILES string of the molecule is CCOCC1(c2ccc(Cl)cc2)CNC1. The second-order valence-corrected chi connectivity index (χ2v) is 4.46. The summed E-state index contributed by atoms with van der Waals surface area (Å²) in [5.41, 5.74) is 1.49. The summed E-state index contributed by atoms with van der Waals surface area (Å²) in [4.78, 5) is 0. The van der Waals surface area contributed by atoms with Gasteiger partial charge in [-0.25, -0.2) is 0 Å². The van der Waals surface area contributed by atoms with Crippen molar-refractivity contribution in [2.75, 3.05) is 26.3 Å². The van der Waals surface area contributed by atoms with Crippen LogP contribution in [-0.2, 0) is 10.2 Å². The summed E-state index contributed by atoms with van der Waals surface area (Å²) in [6.45, 7) is 5.58. The van der Waals surface area contributed by atoms with Gasteiger partial charge in [0.25, 0.3) is 0 Å². The van der Waals surface area contributed by atoms with Gasteiger partial charge in [-0.05, 0) is 24.6 Å². The first kappa shape index (κ1) is 10.9. The molecule has 1 aliphatic rings. The Morgan fingerprint density at radius 3 is 2.47 bits per heavy atom. The summed E-state index contributed by atoms with van der Waals surface area (Å²) in [6, 6.07) is 8.09. The molecule has 0 radical (unpaired) electrons. The summed E-state index contributed by atoms with van der Waals surface area (Å²) in [5.74, 6) is 0. The van der Waals surface area contributed by atoms with Crippen molar-refractivity contribution in [3.8, 4) is 0 Å². The number of ether oxygens (including phenoxy) is 1.